The van der Waals surface area contributed by atoms with Gasteiger partial charge in [-0.1, -0.05) is 86.6 Å². The molecule has 7 amide bonds. The lowest BCUT2D eigenvalue weighted by Crippen LogP contribution is -2.61. The van der Waals surface area contributed by atoms with E-state index in [4.69, 9.17) is 28.7 Å². The van der Waals surface area contributed by atoms with Crippen LogP contribution in [0.25, 0.3) is 0 Å². The molecule has 28 heteroatoms. The van der Waals surface area contributed by atoms with Crippen LogP contribution in [-0.4, -0.2) is 153 Å². The third-order valence-electron chi connectivity index (χ3n) is 12.0. The third-order valence-corrected chi connectivity index (χ3v) is 12.0. The number of rotatable bonds is 34. The first-order chi connectivity index (χ1) is 37.8. The highest BCUT2D eigenvalue weighted by atomic mass is 16.4. The number of carbonyl (C=O) groups excluding carboxylic acids is 7. The number of phenolic OH excluding ortho intramolecular Hbond substituents is 1. The minimum absolute atomic E-state index is 0.0162. The summed E-state index contributed by atoms with van der Waals surface area (Å²) in [5.41, 5.74) is 29.5. The summed E-state index contributed by atoms with van der Waals surface area (Å²) in [7, 11) is 0. The average molecular weight is 1120 g/mol. The van der Waals surface area contributed by atoms with Crippen molar-refractivity contribution >= 4 is 71.2 Å². The molecule has 80 heavy (non-hydrogen) atoms. The predicted molar refractivity (Wildman–Crippen MR) is 290 cm³/mol. The number of carboxylic acid groups (broad SMARTS) is 3. The molecule has 21 N–H and O–H groups in total. The molecule has 0 saturated carbocycles. The van der Waals surface area contributed by atoms with Crippen LogP contribution in [0.4, 0.5) is 0 Å². The molecule has 0 aliphatic carbocycles. The van der Waals surface area contributed by atoms with E-state index in [2.05, 4.69) is 47.2 Å². The Balaban J connectivity index is 1.91. The van der Waals surface area contributed by atoms with Crippen LogP contribution in [0.2, 0.25) is 0 Å². The molecule has 3 aromatic rings. The highest BCUT2D eigenvalue weighted by Gasteiger charge is 2.36. The standard InChI is InChI=1S/C52H72N14O14/c1-28(2)42(49(78)64-38(27-41(70)71)46(75)61-35(16-10-22-59-52(56)57)45(74)65-39(50(79)80)25-30-13-7-4-8-14-30)66-48(77)36(24-31-17-19-32(67)20-18-31)62-47(76)37(26-40(68)69)63-44(73)34(15-9-21-58-51(54)55)60-43(72)33(53)23-29-11-5-3-6-12-29/h3-8,11-14,17-20,28,33-39,42,67H,9-10,15-16,21-27,53H2,1-2H3,(H,60,72)(H,61,75)(H,62,76)(H,63,73)(H,64,78)(H,65,74)(H,66,77)(H,68,69)(H,70,71)(H,79,80)(H4,54,55,58)(H4,56,57,59)/t33-,34-,35-,36-,37-,38-,39-,42-/m0/s1. The first-order valence-corrected chi connectivity index (χ1v) is 25.3. The number of guanidine groups is 2. The second-order valence-corrected chi connectivity index (χ2v) is 18.9. The molecule has 434 valence electrons. The summed E-state index contributed by atoms with van der Waals surface area (Å²) < 4.78 is 0. The Morgan fingerprint density at radius 1 is 0.450 bits per heavy atom. The van der Waals surface area contributed by atoms with Gasteiger partial charge in [-0.25, -0.2) is 4.79 Å². The molecule has 0 aromatic heterocycles. The fourth-order valence-electron chi connectivity index (χ4n) is 7.82. The number of aliphatic carboxylic acids is 3. The van der Waals surface area contributed by atoms with Gasteiger partial charge in [0, 0.05) is 25.9 Å². The lowest BCUT2D eigenvalue weighted by atomic mass is 9.99. The Hall–Kier alpha value is -9.34. The van der Waals surface area contributed by atoms with E-state index in [0.29, 0.717) is 16.7 Å². The van der Waals surface area contributed by atoms with Crippen molar-refractivity contribution in [3.05, 3.63) is 102 Å². The number of aromatic hydroxyl groups is 1. The number of nitrogens with two attached hydrogens (primary N) is 5. The van der Waals surface area contributed by atoms with E-state index >= 15 is 0 Å². The van der Waals surface area contributed by atoms with Gasteiger partial charge in [0.05, 0.1) is 18.9 Å². The molecular formula is C52H72N14O14. The quantitative estimate of drug-likeness (QED) is 0.0160. The Bertz CT molecular complexity index is 2650. The monoisotopic (exact) mass is 1120 g/mol. The van der Waals surface area contributed by atoms with Crippen molar-refractivity contribution in [3.63, 3.8) is 0 Å². The van der Waals surface area contributed by atoms with Crippen LogP contribution in [0.1, 0.15) is 69.1 Å². The lowest BCUT2D eigenvalue weighted by molar-refractivity contribution is -0.143. The summed E-state index contributed by atoms with van der Waals surface area (Å²) in [4.78, 5) is 142. The Morgan fingerprint density at radius 3 is 1.25 bits per heavy atom. The van der Waals surface area contributed by atoms with Gasteiger partial charge in [0.25, 0.3) is 0 Å². The van der Waals surface area contributed by atoms with Crippen LogP contribution in [0.15, 0.2) is 94.9 Å². The Kier molecular flexibility index (Phi) is 26.8. The SMILES string of the molecule is CC(C)[C@H](NC(=O)[C@H](Cc1ccc(O)cc1)NC(=O)[C@H](CC(=O)O)NC(=O)[C@H](CCCN=C(N)N)NC(=O)[C@@H](N)Cc1ccccc1)C(=O)N[C@@H](CC(=O)O)C(=O)N[C@@H](CCCN=C(N)N)C(=O)N[C@@H](Cc1ccccc1)C(=O)O. The molecule has 3 rings (SSSR count). The molecular weight excluding hydrogens is 1040 g/mol. The molecule has 0 radical (unpaired) electrons. The first kappa shape index (κ1) is 64.9. The van der Waals surface area contributed by atoms with Gasteiger partial charge in [0.1, 0.15) is 48.0 Å². The smallest absolute Gasteiger partial charge is 0.326 e. The number of benzene rings is 3. The number of hydrogen-bond acceptors (Lipinski definition) is 14. The summed E-state index contributed by atoms with van der Waals surface area (Å²) in [6, 6.07) is 9.79. The van der Waals surface area contributed by atoms with Crippen molar-refractivity contribution in [1.82, 2.24) is 37.2 Å². The maximum Gasteiger partial charge on any atom is 0.326 e. The molecule has 0 bridgehead atoms. The summed E-state index contributed by atoms with van der Waals surface area (Å²) in [6.45, 7) is 2.95. The van der Waals surface area contributed by atoms with Gasteiger partial charge in [-0.3, -0.25) is 53.1 Å². The van der Waals surface area contributed by atoms with E-state index < -0.39 is 126 Å². The number of carboxylic acids is 3. The van der Waals surface area contributed by atoms with Crippen molar-refractivity contribution in [2.45, 2.75) is 120 Å². The van der Waals surface area contributed by atoms with Gasteiger partial charge < -0.3 is 86.3 Å². The number of hydrogen-bond donors (Lipinski definition) is 16. The molecule has 0 heterocycles. The predicted octanol–water partition coefficient (Wildman–Crippen LogP) is -3.06. The van der Waals surface area contributed by atoms with Crippen LogP contribution < -0.4 is 65.9 Å². The van der Waals surface area contributed by atoms with Gasteiger partial charge in [-0.2, -0.15) is 0 Å². The fourth-order valence-corrected chi connectivity index (χ4v) is 7.82. The Labute approximate surface area is 460 Å². The van der Waals surface area contributed by atoms with Gasteiger partial charge in [-0.05, 0) is 66.8 Å². The van der Waals surface area contributed by atoms with E-state index in [1.54, 1.807) is 60.7 Å². The maximum atomic E-state index is 14.4. The largest absolute Gasteiger partial charge is 0.508 e. The molecule has 3 aromatic carbocycles. The first-order valence-electron chi connectivity index (χ1n) is 25.3. The zero-order valence-corrected chi connectivity index (χ0v) is 44.2. The summed E-state index contributed by atoms with van der Waals surface area (Å²) in [6.07, 6.45) is -2.67. The van der Waals surface area contributed by atoms with Crippen molar-refractivity contribution in [1.29, 1.82) is 0 Å². The van der Waals surface area contributed by atoms with E-state index in [1.807, 2.05) is 0 Å². The minimum Gasteiger partial charge on any atom is -0.508 e. The third kappa shape index (κ3) is 23.9. The molecule has 28 nitrogen and oxygen atoms in total. The topological polar surface area (TPSA) is 491 Å². The zero-order valence-electron chi connectivity index (χ0n) is 44.2. The summed E-state index contributed by atoms with van der Waals surface area (Å²) >= 11 is 0. The van der Waals surface area contributed by atoms with E-state index in [1.165, 1.54) is 38.1 Å². The lowest BCUT2D eigenvalue weighted by Gasteiger charge is -2.29. The van der Waals surface area contributed by atoms with E-state index in [9.17, 15) is 68.4 Å². The molecule has 8 atom stereocenters. The number of nitrogens with one attached hydrogen (secondary N) is 7. The van der Waals surface area contributed by atoms with Crippen molar-refractivity contribution < 1.29 is 68.4 Å². The summed E-state index contributed by atoms with van der Waals surface area (Å²) in [5, 5.41) is 56.6. The second kappa shape index (κ2) is 33.1. The van der Waals surface area contributed by atoms with Crippen molar-refractivity contribution in [2.75, 3.05) is 13.1 Å². The number of amides is 7. The average Bonchev–Trinajstić information content (AvgIpc) is 3.39. The fraction of sp³-hybridized carbons (Fsp3) is 0.423. The van der Waals surface area contributed by atoms with Crippen LogP contribution in [-0.2, 0) is 67.2 Å². The van der Waals surface area contributed by atoms with Crippen LogP contribution in [0.5, 0.6) is 5.75 Å². The highest BCUT2D eigenvalue weighted by Crippen LogP contribution is 2.14. The van der Waals surface area contributed by atoms with Crippen molar-refractivity contribution in [2.24, 2.45) is 44.6 Å². The van der Waals surface area contributed by atoms with Crippen molar-refractivity contribution in [3.8, 4) is 5.75 Å². The normalized spacial score (nSPS) is 13.8. The molecule has 0 saturated heterocycles. The number of aliphatic imine (C=N–C) groups is 2. The Morgan fingerprint density at radius 2 is 0.812 bits per heavy atom. The highest BCUT2D eigenvalue weighted by molar-refractivity contribution is 5.99. The number of phenols is 1. The molecule has 0 unspecified atom stereocenters. The molecule has 0 fully saturated rings. The van der Waals surface area contributed by atoms with Gasteiger partial charge in [0.15, 0.2) is 11.9 Å². The van der Waals surface area contributed by atoms with E-state index in [-0.39, 0.29) is 75.7 Å². The molecule has 0 spiro atoms. The van der Waals surface area contributed by atoms with Crippen LogP contribution in [0, 0.1) is 5.92 Å². The second-order valence-electron chi connectivity index (χ2n) is 18.9. The summed E-state index contributed by atoms with van der Waals surface area (Å²) in [5.74, 6) is -13.4. The van der Waals surface area contributed by atoms with Gasteiger partial charge >= 0.3 is 17.9 Å². The number of carbonyl (C=O) groups is 10. The molecule has 0 aliphatic rings. The minimum atomic E-state index is -1.92. The number of nitrogens with zero attached hydrogens (tertiary/aromatic N) is 2. The van der Waals surface area contributed by atoms with Gasteiger partial charge in [0.2, 0.25) is 41.4 Å². The van der Waals surface area contributed by atoms with Crippen LogP contribution >= 0.6 is 0 Å². The van der Waals surface area contributed by atoms with E-state index in [0.717, 1.165) is 0 Å². The zero-order chi connectivity index (χ0) is 59.5. The molecule has 0 aliphatic heterocycles. The van der Waals surface area contributed by atoms with Gasteiger partial charge in [-0.15, -0.1) is 0 Å². The van der Waals surface area contributed by atoms with Crippen LogP contribution in [0.3, 0.4) is 0 Å². The maximum absolute atomic E-state index is 14.4.